The Kier molecular flexibility index (Phi) is 5.39. The number of fused-ring (bicyclic) bond motifs is 1. The number of anilines is 1. The number of hydrogen-bond acceptors (Lipinski definition) is 5. The molecule has 4 rings (SSSR count). The van der Waals surface area contributed by atoms with E-state index in [-0.39, 0.29) is 23.0 Å². The Morgan fingerprint density at radius 2 is 1.80 bits per heavy atom. The summed E-state index contributed by atoms with van der Waals surface area (Å²) in [5.41, 5.74) is 0.754. The van der Waals surface area contributed by atoms with Crippen LogP contribution in [0.2, 0.25) is 0 Å². The largest absolute Gasteiger partial charge is 0.495 e. The van der Waals surface area contributed by atoms with E-state index in [1.807, 2.05) is 11.8 Å². The maximum atomic E-state index is 13.7. The van der Waals surface area contributed by atoms with Crippen molar-refractivity contribution in [2.45, 2.75) is 13.5 Å². The Morgan fingerprint density at radius 3 is 2.47 bits per heavy atom. The number of piperazine rings is 1. The summed E-state index contributed by atoms with van der Waals surface area (Å²) >= 11 is 0. The van der Waals surface area contributed by atoms with E-state index in [4.69, 9.17) is 4.74 Å². The summed E-state index contributed by atoms with van der Waals surface area (Å²) in [6.45, 7) is 4.20. The van der Waals surface area contributed by atoms with E-state index in [9.17, 15) is 14.0 Å². The summed E-state index contributed by atoms with van der Waals surface area (Å²) in [6, 6.07) is 11.5. The zero-order valence-corrected chi connectivity index (χ0v) is 17.0. The lowest BCUT2D eigenvalue weighted by atomic mass is 10.1. The van der Waals surface area contributed by atoms with Crippen LogP contribution in [0.1, 0.15) is 17.4 Å². The molecule has 0 saturated carbocycles. The lowest BCUT2D eigenvalue weighted by Gasteiger charge is -2.36. The van der Waals surface area contributed by atoms with Crippen molar-refractivity contribution in [1.82, 2.24) is 14.7 Å². The van der Waals surface area contributed by atoms with Crippen LogP contribution in [0.25, 0.3) is 10.8 Å². The molecule has 0 aliphatic carbocycles. The molecule has 0 spiro atoms. The molecule has 30 heavy (non-hydrogen) atoms. The SMILES string of the molecule is CCn1nc(C(=O)N2CCN(c3cc(F)ccc3OC)CC2)c2ccccc2c1=O. The van der Waals surface area contributed by atoms with Crippen molar-refractivity contribution >= 4 is 22.4 Å². The van der Waals surface area contributed by atoms with Crippen molar-refractivity contribution in [2.75, 3.05) is 38.2 Å². The van der Waals surface area contributed by atoms with Crippen molar-refractivity contribution in [1.29, 1.82) is 0 Å². The quantitative estimate of drug-likeness (QED) is 0.661. The third-order valence-electron chi connectivity index (χ3n) is 5.42. The Labute approximate surface area is 173 Å². The van der Waals surface area contributed by atoms with E-state index in [0.29, 0.717) is 54.9 Å². The number of carbonyl (C=O) groups is 1. The number of carbonyl (C=O) groups excluding carboxylic acids is 1. The maximum absolute atomic E-state index is 13.7. The molecule has 0 bridgehead atoms. The molecule has 1 aliphatic rings. The van der Waals surface area contributed by atoms with Crippen molar-refractivity contribution in [3.05, 3.63) is 64.3 Å². The summed E-state index contributed by atoms with van der Waals surface area (Å²) in [5.74, 6) is 0.0555. The second-order valence-electron chi connectivity index (χ2n) is 7.11. The highest BCUT2D eigenvalue weighted by molar-refractivity contribution is 6.04. The van der Waals surface area contributed by atoms with Crippen LogP contribution in [0, 0.1) is 5.82 Å². The topological polar surface area (TPSA) is 67.7 Å². The van der Waals surface area contributed by atoms with Crippen LogP contribution >= 0.6 is 0 Å². The van der Waals surface area contributed by atoms with Crippen LogP contribution in [0.15, 0.2) is 47.3 Å². The van der Waals surface area contributed by atoms with Crippen molar-refractivity contribution in [3.8, 4) is 5.75 Å². The number of methoxy groups -OCH3 is 1. The summed E-state index contributed by atoms with van der Waals surface area (Å²) in [5, 5.41) is 5.39. The normalized spacial score (nSPS) is 14.2. The zero-order chi connectivity index (χ0) is 21.3. The van der Waals surface area contributed by atoms with Crippen LogP contribution in [0.3, 0.4) is 0 Å². The molecule has 0 radical (unpaired) electrons. The van der Waals surface area contributed by atoms with Gasteiger partial charge < -0.3 is 14.5 Å². The van der Waals surface area contributed by atoms with Gasteiger partial charge >= 0.3 is 0 Å². The summed E-state index contributed by atoms with van der Waals surface area (Å²) < 4.78 is 20.4. The Bertz CT molecular complexity index is 1150. The fourth-order valence-corrected chi connectivity index (χ4v) is 3.82. The molecule has 156 valence electrons. The average Bonchev–Trinajstić information content (AvgIpc) is 2.79. The average molecular weight is 410 g/mol. The van der Waals surface area contributed by atoms with Crippen molar-refractivity contribution in [2.24, 2.45) is 0 Å². The van der Waals surface area contributed by atoms with Gasteiger partial charge in [-0.05, 0) is 25.1 Å². The van der Waals surface area contributed by atoms with Gasteiger partial charge in [0.25, 0.3) is 11.5 Å². The first kappa shape index (κ1) is 19.9. The van der Waals surface area contributed by atoms with Crippen LogP contribution in [-0.2, 0) is 6.54 Å². The highest BCUT2D eigenvalue weighted by Gasteiger charge is 2.27. The van der Waals surface area contributed by atoms with Gasteiger partial charge in [-0.25, -0.2) is 9.07 Å². The predicted octanol–water partition coefficient (Wildman–Crippen LogP) is 2.53. The molecule has 1 aliphatic heterocycles. The van der Waals surface area contributed by atoms with Gasteiger partial charge in [0, 0.05) is 44.2 Å². The van der Waals surface area contributed by atoms with Gasteiger partial charge in [-0.3, -0.25) is 9.59 Å². The molecular formula is C22H23FN4O3. The first-order valence-corrected chi connectivity index (χ1v) is 9.91. The zero-order valence-electron chi connectivity index (χ0n) is 17.0. The molecule has 3 aromatic rings. The third kappa shape index (κ3) is 3.49. The molecule has 8 heteroatoms. The smallest absolute Gasteiger partial charge is 0.275 e. The number of aromatic nitrogens is 2. The predicted molar refractivity (Wildman–Crippen MR) is 113 cm³/mol. The molecule has 1 amide bonds. The standard InChI is InChI=1S/C22H23FN4O3/c1-3-27-21(28)17-7-5-4-6-16(17)20(24-27)22(29)26-12-10-25(11-13-26)18-14-15(23)8-9-19(18)30-2/h4-9,14H,3,10-13H2,1-2H3. The number of aryl methyl sites for hydroxylation is 1. The van der Waals surface area contributed by atoms with E-state index in [1.54, 1.807) is 42.3 Å². The van der Waals surface area contributed by atoms with Gasteiger partial charge in [-0.15, -0.1) is 0 Å². The van der Waals surface area contributed by atoms with Crippen molar-refractivity contribution in [3.63, 3.8) is 0 Å². The van der Waals surface area contributed by atoms with Gasteiger partial charge in [0.2, 0.25) is 0 Å². The summed E-state index contributed by atoms with van der Waals surface area (Å²) in [7, 11) is 1.55. The minimum absolute atomic E-state index is 0.201. The molecule has 1 aromatic heterocycles. The fraction of sp³-hybridized carbons (Fsp3) is 0.318. The number of benzene rings is 2. The minimum Gasteiger partial charge on any atom is -0.495 e. The Balaban J connectivity index is 1.59. The molecule has 7 nitrogen and oxygen atoms in total. The van der Waals surface area contributed by atoms with Crippen LogP contribution < -0.4 is 15.2 Å². The van der Waals surface area contributed by atoms with Crippen molar-refractivity contribution < 1.29 is 13.9 Å². The highest BCUT2D eigenvalue weighted by atomic mass is 19.1. The molecule has 1 fully saturated rings. The van der Waals surface area contributed by atoms with Gasteiger partial charge in [0.15, 0.2) is 5.69 Å². The number of amides is 1. The van der Waals surface area contributed by atoms with Crippen LogP contribution in [0.4, 0.5) is 10.1 Å². The third-order valence-corrected chi connectivity index (χ3v) is 5.42. The molecule has 0 unspecified atom stereocenters. The number of rotatable bonds is 4. The van der Waals surface area contributed by atoms with Crippen LogP contribution in [0.5, 0.6) is 5.75 Å². The molecule has 0 N–H and O–H groups in total. The maximum Gasteiger partial charge on any atom is 0.275 e. The second-order valence-corrected chi connectivity index (χ2v) is 7.11. The highest BCUT2D eigenvalue weighted by Crippen LogP contribution is 2.30. The van der Waals surface area contributed by atoms with Crippen LogP contribution in [-0.4, -0.2) is 53.9 Å². The van der Waals surface area contributed by atoms with E-state index in [1.165, 1.54) is 16.8 Å². The van der Waals surface area contributed by atoms with Gasteiger partial charge in [-0.1, -0.05) is 18.2 Å². The number of nitrogens with zero attached hydrogens (tertiary/aromatic N) is 4. The van der Waals surface area contributed by atoms with Gasteiger partial charge in [-0.2, -0.15) is 5.10 Å². The molecular weight excluding hydrogens is 387 g/mol. The Hall–Kier alpha value is -3.42. The monoisotopic (exact) mass is 410 g/mol. The second kappa shape index (κ2) is 8.14. The van der Waals surface area contributed by atoms with E-state index >= 15 is 0 Å². The summed E-state index contributed by atoms with van der Waals surface area (Å²) in [6.07, 6.45) is 0. The molecule has 2 aromatic carbocycles. The summed E-state index contributed by atoms with van der Waals surface area (Å²) in [4.78, 5) is 29.5. The minimum atomic E-state index is -0.332. The fourth-order valence-electron chi connectivity index (χ4n) is 3.82. The van der Waals surface area contributed by atoms with E-state index < -0.39 is 0 Å². The molecule has 0 atom stereocenters. The van der Waals surface area contributed by atoms with Gasteiger partial charge in [0.1, 0.15) is 11.6 Å². The van der Waals surface area contributed by atoms with E-state index in [2.05, 4.69) is 5.10 Å². The lowest BCUT2D eigenvalue weighted by Crippen LogP contribution is -2.49. The first-order valence-electron chi connectivity index (χ1n) is 9.91. The number of hydrogen-bond donors (Lipinski definition) is 0. The first-order chi connectivity index (χ1) is 14.5. The Morgan fingerprint density at radius 1 is 1.10 bits per heavy atom. The lowest BCUT2D eigenvalue weighted by molar-refractivity contribution is 0.0740. The number of ether oxygens (including phenoxy) is 1. The molecule has 1 saturated heterocycles. The number of halogens is 1. The van der Waals surface area contributed by atoms with E-state index in [0.717, 1.165) is 0 Å². The van der Waals surface area contributed by atoms with Gasteiger partial charge in [0.05, 0.1) is 18.2 Å². The molecule has 2 heterocycles.